The van der Waals surface area contributed by atoms with Crippen LogP contribution in [-0.2, 0) is 0 Å². The summed E-state index contributed by atoms with van der Waals surface area (Å²) >= 11 is 0. The molecule has 112 valence electrons. The average molecular weight is 288 g/mol. The summed E-state index contributed by atoms with van der Waals surface area (Å²) < 4.78 is 43.2. The Kier molecular flexibility index (Phi) is 4.52. The van der Waals surface area contributed by atoms with Crippen LogP contribution in [0.1, 0.15) is 37.4 Å². The van der Waals surface area contributed by atoms with Gasteiger partial charge in [0.15, 0.2) is 0 Å². The maximum Gasteiger partial charge on any atom is 0.391 e. The Labute approximate surface area is 116 Å². The molecule has 0 amide bonds. The molecule has 0 spiro atoms. The maximum atomic E-state index is 12.6. The Morgan fingerprint density at radius 2 is 1.95 bits per heavy atom. The van der Waals surface area contributed by atoms with Crippen LogP contribution in [0, 0.1) is 11.8 Å². The molecule has 1 aliphatic carbocycles. The van der Waals surface area contributed by atoms with Crippen LogP contribution in [0.5, 0.6) is 5.75 Å². The summed E-state index contributed by atoms with van der Waals surface area (Å²) in [5, 5.41) is 0. The Hall–Kier alpha value is -1.30. The molecule has 6 heteroatoms. The van der Waals surface area contributed by atoms with Gasteiger partial charge in [0.1, 0.15) is 5.75 Å². The zero-order valence-electron chi connectivity index (χ0n) is 11.4. The first kappa shape index (κ1) is 15.1. The van der Waals surface area contributed by atoms with Gasteiger partial charge < -0.3 is 10.5 Å². The zero-order chi connectivity index (χ0) is 14.8. The van der Waals surface area contributed by atoms with Gasteiger partial charge >= 0.3 is 6.18 Å². The van der Waals surface area contributed by atoms with Gasteiger partial charge in [-0.05, 0) is 43.7 Å². The van der Waals surface area contributed by atoms with E-state index >= 15 is 0 Å². The number of pyridine rings is 1. The molecule has 0 saturated heterocycles. The molecule has 1 aromatic heterocycles. The summed E-state index contributed by atoms with van der Waals surface area (Å²) in [5.74, 6) is -0.563. The summed E-state index contributed by atoms with van der Waals surface area (Å²) in [5.41, 5.74) is 6.81. The highest BCUT2D eigenvalue weighted by atomic mass is 19.4. The van der Waals surface area contributed by atoms with Crippen LogP contribution in [0.25, 0.3) is 0 Å². The van der Waals surface area contributed by atoms with E-state index in [1.165, 1.54) is 7.11 Å². The molecular weight excluding hydrogens is 269 g/mol. The lowest BCUT2D eigenvalue weighted by Gasteiger charge is -2.33. The average Bonchev–Trinajstić information content (AvgIpc) is 2.45. The van der Waals surface area contributed by atoms with E-state index in [4.69, 9.17) is 10.5 Å². The molecule has 1 heterocycles. The summed E-state index contributed by atoms with van der Waals surface area (Å²) in [6.07, 6.45) is -1.21. The third-order valence-electron chi connectivity index (χ3n) is 4.08. The molecule has 1 unspecified atom stereocenters. The van der Waals surface area contributed by atoms with E-state index in [0.717, 1.165) is 0 Å². The molecule has 2 rings (SSSR count). The first-order valence-electron chi connectivity index (χ1n) is 6.74. The molecule has 0 bridgehead atoms. The van der Waals surface area contributed by atoms with Crippen molar-refractivity contribution in [3.63, 3.8) is 0 Å². The van der Waals surface area contributed by atoms with Crippen molar-refractivity contribution in [2.45, 2.75) is 37.9 Å². The quantitative estimate of drug-likeness (QED) is 0.926. The van der Waals surface area contributed by atoms with Crippen LogP contribution < -0.4 is 10.5 Å². The van der Waals surface area contributed by atoms with Crippen LogP contribution in [0.15, 0.2) is 18.3 Å². The van der Waals surface area contributed by atoms with E-state index in [1.807, 2.05) is 0 Å². The maximum absolute atomic E-state index is 12.6. The number of rotatable bonds is 3. The minimum Gasteiger partial charge on any atom is -0.495 e. The Morgan fingerprint density at radius 1 is 1.30 bits per heavy atom. The molecule has 1 saturated carbocycles. The Balaban J connectivity index is 2.03. The molecule has 1 aromatic rings. The fraction of sp³-hybridized carbons (Fsp3) is 0.643. The van der Waals surface area contributed by atoms with Gasteiger partial charge in [0, 0.05) is 6.20 Å². The van der Waals surface area contributed by atoms with Gasteiger partial charge in [-0.3, -0.25) is 4.98 Å². The fourth-order valence-electron chi connectivity index (χ4n) is 2.85. The van der Waals surface area contributed by atoms with Crippen molar-refractivity contribution < 1.29 is 17.9 Å². The second-order valence-corrected chi connectivity index (χ2v) is 5.27. The number of aromatic nitrogens is 1. The molecule has 0 radical (unpaired) electrons. The third kappa shape index (κ3) is 3.23. The van der Waals surface area contributed by atoms with E-state index in [9.17, 15) is 13.2 Å². The summed E-state index contributed by atoms with van der Waals surface area (Å²) in [4.78, 5) is 4.22. The second kappa shape index (κ2) is 5.99. The molecular formula is C14H19F3N2O. The zero-order valence-corrected chi connectivity index (χ0v) is 11.4. The van der Waals surface area contributed by atoms with Crippen LogP contribution in [0.2, 0.25) is 0 Å². The molecule has 3 nitrogen and oxygen atoms in total. The second-order valence-electron chi connectivity index (χ2n) is 5.27. The minimum absolute atomic E-state index is 0.0254. The summed E-state index contributed by atoms with van der Waals surface area (Å²) in [6, 6.07) is 3.14. The van der Waals surface area contributed by atoms with Gasteiger partial charge in [-0.2, -0.15) is 13.2 Å². The number of ether oxygens (including phenoxy) is 1. The van der Waals surface area contributed by atoms with Crippen molar-refractivity contribution in [2.75, 3.05) is 7.11 Å². The Morgan fingerprint density at radius 3 is 2.50 bits per heavy atom. The van der Waals surface area contributed by atoms with E-state index in [0.29, 0.717) is 24.3 Å². The molecule has 20 heavy (non-hydrogen) atoms. The van der Waals surface area contributed by atoms with Crippen molar-refractivity contribution >= 4 is 0 Å². The highest BCUT2D eigenvalue weighted by Gasteiger charge is 2.42. The van der Waals surface area contributed by atoms with E-state index < -0.39 is 12.1 Å². The highest BCUT2D eigenvalue weighted by Crippen LogP contribution is 2.43. The summed E-state index contributed by atoms with van der Waals surface area (Å²) in [6.45, 7) is 0. The monoisotopic (exact) mass is 288 g/mol. The molecule has 1 aliphatic rings. The van der Waals surface area contributed by atoms with Gasteiger partial charge in [-0.1, -0.05) is 0 Å². The molecule has 0 aromatic carbocycles. The molecule has 1 fully saturated rings. The number of hydrogen-bond acceptors (Lipinski definition) is 3. The SMILES string of the molecule is COc1cccnc1C(N)C1CCC(C(F)(F)F)CC1. The number of halogens is 3. The van der Waals surface area contributed by atoms with Crippen LogP contribution in [0.3, 0.4) is 0 Å². The largest absolute Gasteiger partial charge is 0.495 e. The summed E-state index contributed by atoms with van der Waals surface area (Å²) in [7, 11) is 1.54. The van der Waals surface area contributed by atoms with Crippen molar-refractivity contribution in [3.8, 4) is 5.75 Å². The van der Waals surface area contributed by atoms with E-state index in [1.54, 1.807) is 18.3 Å². The van der Waals surface area contributed by atoms with Crippen molar-refractivity contribution in [2.24, 2.45) is 17.6 Å². The lowest BCUT2D eigenvalue weighted by Crippen LogP contribution is -2.32. The van der Waals surface area contributed by atoms with Gasteiger partial charge in [-0.25, -0.2) is 0 Å². The normalized spacial score (nSPS) is 25.2. The number of nitrogens with two attached hydrogens (primary N) is 1. The van der Waals surface area contributed by atoms with Crippen molar-refractivity contribution in [1.29, 1.82) is 0 Å². The first-order valence-corrected chi connectivity index (χ1v) is 6.74. The van der Waals surface area contributed by atoms with E-state index in [2.05, 4.69) is 4.98 Å². The lowest BCUT2D eigenvalue weighted by molar-refractivity contribution is -0.184. The number of methoxy groups -OCH3 is 1. The standard InChI is InChI=1S/C14H19F3N2O/c1-20-11-3-2-8-19-13(11)12(18)9-4-6-10(7-5-9)14(15,16)17/h2-3,8-10,12H,4-7,18H2,1H3. The topological polar surface area (TPSA) is 48.1 Å². The first-order chi connectivity index (χ1) is 9.43. The number of hydrogen-bond donors (Lipinski definition) is 1. The third-order valence-corrected chi connectivity index (χ3v) is 4.08. The van der Waals surface area contributed by atoms with Gasteiger partial charge in [0.05, 0.1) is 24.8 Å². The smallest absolute Gasteiger partial charge is 0.391 e. The molecule has 1 atom stereocenters. The minimum atomic E-state index is -4.09. The van der Waals surface area contributed by atoms with Crippen LogP contribution in [-0.4, -0.2) is 18.3 Å². The molecule has 0 aliphatic heterocycles. The van der Waals surface area contributed by atoms with Gasteiger partial charge in [0.25, 0.3) is 0 Å². The Bertz CT molecular complexity index is 442. The predicted molar refractivity (Wildman–Crippen MR) is 69.2 cm³/mol. The van der Waals surface area contributed by atoms with Crippen molar-refractivity contribution in [1.82, 2.24) is 4.98 Å². The number of alkyl halides is 3. The van der Waals surface area contributed by atoms with Gasteiger partial charge in [0.2, 0.25) is 0 Å². The van der Waals surface area contributed by atoms with Gasteiger partial charge in [-0.15, -0.1) is 0 Å². The fourth-order valence-corrected chi connectivity index (χ4v) is 2.85. The molecule has 2 N–H and O–H groups in total. The highest BCUT2D eigenvalue weighted by molar-refractivity contribution is 5.29. The van der Waals surface area contributed by atoms with Crippen LogP contribution >= 0.6 is 0 Å². The number of nitrogens with zero attached hydrogens (tertiary/aromatic N) is 1. The van der Waals surface area contributed by atoms with Crippen molar-refractivity contribution in [3.05, 3.63) is 24.0 Å². The lowest BCUT2D eigenvalue weighted by atomic mass is 9.77. The predicted octanol–water partition coefficient (Wildman–Crippen LogP) is 3.46. The van der Waals surface area contributed by atoms with Crippen LogP contribution in [0.4, 0.5) is 13.2 Å². The van der Waals surface area contributed by atoms with E-state index in [-0.39, 0.29) is 24.8 Å².